The standard InChI is InChI=1S/C16H14N2O3S2/c1-10-14(18-16(22-10)13-7-4-8-21-13)15(19)17-11-5-3-6-12(9-11)23(2)20/h3-9H,1-2H3,(H,17,19)/t23-/m0/s1. The number of carbonyl (C=O) groups is 1. The molecule has 23 heavy (non-hydrogen) atoms. The lowest BCUT2D eigenvalue weighted by Crippen LogP contribution is -2.13. The fourth-order valence-electron chi connectivity index (χ4n) is 2.06. The van der Waals surface area contributed by atoms with Crippen LogP contribution in [-0.4, -0.2) is 21.4 Å². The van der Waals surface area contributed by atoms with Gasteiger partial charge in [-0.2, -0.15) is 0 Å². The van der Waals surface area contributed by atoms with E-state index in [1.54, 1.807) is 48.9 Å². The van der Waals surface area contributed by atoms with Crippen molar-refractivity contribution in [2.45, 2.75) is 11.8 Å². The van der Waals surface area contributed by atoms with Gasteiger partial charge in [-0.25, -0.2) is 4.98 Å². The Morgan fingerprint density at radius 1 is 1.30 bits per heavy atom. The van der Waals surface area contributed by atoms with E-state index in [1.165, 1.54) is 11.3 Å². The monoisotopic (exact) mass is 346 g/mol. The molecule has 2 heterocycles. The molecular formula is C16H14N2O3S2. The molecule has 0 fully saturated rings. The van der Waals surface area contributed by atoms with Crippen LogP contribution >= 0.6 is 11.3 Å². The van der Waals surface area contributed by atoms with Crippen molar-refractivity contribution < 1.29 is 13.4 Å². The van der Waals surface area contributed by atoms with E-state index in [9.17, 15) is 9.00 Å². The van der Waals surface area contributed by atoms with Crippen molar-refractivity contribution in [1.29, 1.82) is 0 Å². The Morgan fingerprint density at radius 2 is 2.13 bits per heavy atom. The van der Waals surface area contributed by atoms with Gasteiger partial charge >= 0.3 is 0 Å². The normalized spacial score (nSPS) is 12.1. The molecule has 3 aromatic rings. The van der Waals surface area contributed by atoms with Crippen molar-refractivity contribution in [3.05, 3.63) is 53.2 Å². The number of carbonyl (C=O) groups excluding carboxylic acids is 1. The number of thiazole rings is 1. The number of rotatable bonds is 4. The van der Waals surface area contributed by atoms with Gasteiger partial charge in [-0.3, -0.25) is 9.00 Å². The van der Waals surface area contributed by atoms with Gasteiger partial charge in [0.1, 0.15) is 5.69 Å². The van der Waals surface area contributed by atoms with Gasteiger partial charge in [0.25, 0.3) is 5.91 Å². The maximum Gasteiger partial charge on any atom is 0.275 e. The third kappa shape index (κ3) is 3.40. The summed E-state index contributed by atoms with van der Waals surface area (Å²) >= 11 is 1.40. The molecule has 3 rings (SSSR count). The predicted molar refractivity (Wildman–Crippen MR) is 91.3 cm³/mol. The Morgan fingerprint density at radius 3 is 2.83 bits per heavy atom. The van der Waals surface area contributed by atoms with Crippen LogP contribution in [0.2, 0.25) is 0 Å². The van der Waals surface area contributed by atoms with Crippen molar-refractivity contribution in [2.75, 3.05) is 11.6 Å². The Labute approximate surface area is 139 Å². The zero-order chi connectivity index (χ0) is 16.4. The summed E-state index contributed by atoms with van der Waals surface area (Å²) in [6, 6.07) is 10.6. The molecule has 0 saturated heterocycles. The van der Waals surface area contributed by atoms with Crippen LogP contribution in [0.3, 0.4) is 0 Å². The summed E-state index contributed by atoms with van der Waals surface area (Å²) in [5.41, 5.74) is 0.957. The van der Waals surface area contributed by atoms with Crippen molar-refractivity contribution in [1.82, 2.24) is 4.98 Å². The SMILES string of the molecule is Cc1sc(-c2ccco2)nc1C(=O)Nc1cccc([S@](C)=O)c1. The van der Waals surface area contributed by atoms with Gasteiger partial charge in [0.2, 0.25) is 0 Å². The first-order valence-corrected chi connectivity index (χ1v) is 9.18. The van der Waals surface area contributed by atoms with E-state index in [0.717, 1.165) is 4.88 Å². The van der Waals surface area contributed by atoms with Crippen LogP contribution in [0.1, 0.15) is 15.4 Å². The molecule has 0 aliphatic carbocycles. The highest BCUT2D eigenvalue weighted by molar-refractivity contribution is 7.84. The molecule has 1 N–H and O–H groups in total. The predicted octanol–water partition coefficient (Wildman–Crippen LogP) is 3.70. The quantitative estimate of drug-likeness (QED) is 0.782. The van der Waals surface area contributed by atoms with E-state index in [4.69, 9.17) is 4.42 Å². The van der Waals surface area contributed by atoms with E-state index < -0.39 is 10.8 Å². The van der Waals surface area contributed by atoms with Gasteiger partial charge in [0.15, 0.2) is 10.8 Å². The summed E-state index contributed by atoms with van der Waals surface area (Å²) in [5.74, 6) is 0.344. The number of nitrogens with zero attached hydrogens (tertiary/aromatic N) is 1. The van der Waals surface area contributed by atoms with E-state index >= 15 is 0 Å². The first-order valence-electron chi connectivity index (χ1n) is 6.81. The van der Waals surface area contributed by atoms with Crippen molar-refractivity contribution in [3.63, 3.8) is 0 Å². The summed E-state index contributed by atoms with van der Waals surface area (Å²) in [5, 5.41) is 3.46. The van der Waals surface area contributed by atoms with Gasteiger partial charge in [-0.05, 0) is 37.3 Å². The molecule has 7 heteroatoms. The first kappa shape index (κ1) is 15.6. The molecule has 0 spiro atoms. The molecule has 118 valence electrons. The van der Waals surface area contributed by atoms with Gasteiger partial charge in [0, 0.05) is 32.5 Å². The van der Waals surface area contributed by atoms with E-state index in [1.807, 2.05) is 6.92 Å². The summed E-state index contributed by atoms with van der Waals surface area (Å²) in [7, 11) is -1.10. The number of amides is 1. The van der Waals surface area contributed by atoms with Crippen LogP contribution in [-0.2, 0) is 10.8 Å². The van der Waals surface area contributed by atoms with E-state index in [-0.39, 0.29) is 5.91 Å². The van der Waals surface area contributed by atoms with Crippen molar-refractivity contribution >= 4 is 33.7 Å². The summed E-state index contributed by atoms with van der Waals surface area (Å²) in [4.78, 5) is 18.3. The largest absolute Gasteiger partial charge is 0.462 e. The fourth-order valence-corrected chi connectivity index (χ4v) is 3.50. The zero-order valence-electron chi connectivity index (χ0n) is 12.5. The second-order valence-corrected chi connectivity index (χ2v) is 7.42. The lowest BCUT2D eigenvalue weighted by Gasteiger charge is -2.05. The van der Waals surface area contributed by atoms with Gasteiger partial charge in [0.05, 0.1) is 6.26 Å². The first-order chi connectivity index (χ1) is 11.0. The average molecular weight is 346 g/mol. The van der Waals surface area contributed by atoms with Crippen molar-refractivity contribution in [2.24, 2.45) is 0 Å². The molecule has 2 aromatic heterocycles. The summed E-state index contributed by atoms with van der Waals surface area (Å²) in [6.07, 6.45) is 3.17. The van der Waals surface area contributed by atoms with Crippen LogP contribution in [0.4, 0.5) is 5.69 Å². The van der Waals surface area contributed by atoms with E-state index in [2.05, 4.69) is 10.3 Å². The second kappa shape index (κ2) is 6.47. The maximum atomic E-state index is 12.4. The minimum atomic E-state index is -1.10. The number of nitrogens with one attached hydrogen (secondary N) is 1. The van der Waals surface area contributed by atoms with Crippen molar-refractivity contribution in [3.8, 4) is 10.8 Å². The topological polar surface area (TPSA) is 72.2 Å². The highest BCUT2D eigenvalue weighted by Gasteiger charge is 2.17. The van der Waals surface area contributed by atoms with E-state index in [0.29, 0.717) is 27.0 Å². The maximum absolute atomic E-state index is 12.4. The molecule has 0 aliphatic heterocycles. The highest BCUT2D eigenvalue weighted by atomic mass is 32.2. The molecule has 1 atom stereocenters. The summed E-state index contributed by atoms with van der Waals surface area (Å²) in [6.45, 7) is 1.84. The van der Waals surface area contributed by atoms with Crippen LogP contribution in [0.25, 0.3) is 10.8 Å². The van der Waals surface area contributed by atoms with Gasteiger partial charge in [-0.15, -0.1) is 11.3 Å². The molecule has 0 aliphatic rings. The van der Waals surface area contributed by atoms with Gasteiger partial charge < -0.3 is 9.73 Å². The lowest BCUT2D eigenvalue weighted by atomic mass is 10.3. The molecular weight excluding hydrogens is 332 g/mol. The summed E-state index contributed by atoms with van der Waals surface area (Å²) < 4.78 is 16.8. The molecule has 0 radical (unpaired) electrons. The third-order valence-electron chi connectivity index (χ3n) is 3.17. The number of benzene rings is 1. The van der Waals surface area contributed by atoms with Crippen LogP contribution < -0.4 is 5.32 Å². The molecule has 5 nitrogen and oxygen atoms in total. The average Bonchev–Trinajstić information content (AvgIpc) is 3.16. The van der Waals surface area contributed by atoms with Crippen LogP contribution in [0.5, 0.6) is 0 Å². The number of hydrogen-bond donors (Lipinski definition) is 1. The molecule has 1 aromatic carbocycles. The molecule has 0 saturated carbocycles. The minimum absolute atomic E-state index is 0.296. The zero-order valence-corrected chi connectivity index (χ0v) is 14.2. The number of anilines is 1. The smallest absolute Gasteiger partial charge is 0.275 e. The molecule has 0 bridgehead atoms. The van der Waals surface area contributed by atoms with Gasteiger partial charge in [-0.1, -0.05) is 6.07 Å². The molecule has 1 amide bonds. The lowest BCUT2D eigenvalue weighted by molar-refractivity contribution is 0.102. The number of hydrogen-bond acceptors (Lipinski definition) is 5. The van der Waals surface area contributed by atoms with Crippen LogP contribution in [0.15, 0.2) is 52.0 Å². The Kier molecular flexibility index (Phi) is 4.40. The Bertz CT molecular complexity index is 869. The van der Waals surface area contributed by atoms with Crippen LogP contribution in [0, 0.1) is 6.92 Å². The fraction of sp³-hybridized carbons (Fsp3) is 0.125. The molecule has 0 unspecified atom stereocenters. The Balaban J connectivity index is 1.84. The highest BCUT2D eigenvalue weighted by Crippen LogP contribution is 2.28. The Hall–Kier alpha value is -2.25. The minimum Gasteiger partial charge on any atom is -0.462 e. The number of aryl methyl sites for hydroxylation is 1. The number of furan rings is 1. The third-order valence-corrected chi connectivity index (χ3v) is 5.07. The number of aromatic nitrogens is 1. The second-order valence-electron chi connectivity index (χ2n) is 4.84.